The molecule has 1 aliphatic rings. The van der Waals surface area contributed by atoms with Gasteiger partial charge < -0.3 is 20.1 Å². The van der Waals surface area contributed by atoms with Crippen molar-refractivity contribution in [2.45, 2.75) is 37.5 Å². The molecule has 4 atom stereocenters. The van der Waals surface area contributed by atoms with Crippen LogP contribution in [0.2, 0.25) is 5.02 Å². The first-order chi connectivity index (χ1) is 12.4. The van der Waals surface area contributed by atoms with Crippen LogP contribution in [0.3, 0.4) is 0 Å². The SMILES string of the molecule is O=c1ccn([C@@H]2O[C@H](CO)C(O)C2O)c(=O)n1CCc1cccc(Cl)c1. The predicted octanol–water partition coefficient (Wildman–Crippen LogP) is -0.482. The fraction of sp³-hybridized carbons (Fsp3) is 0.412. The molecule has 1 aromatic carbocycles. The average molecular weight is 383 g/mol. The summed E-state index contributed by atoms with van der Waals surface area (Å²) in [5, 5.41) is 29.7. The topological polar surface area (TPSA) is 114 Å². The van der Waals surface area contributed by atoms with Crippen LogP contribution in [0.15, 0.2) is 46.1 Å². The van der Waals surface area contributed by atoms with Gasteiger partial charge in [0.25, 0.3) is 5.56 Å². The van der Waals surface area contributed by atoms with E-state index in [1.54, 1.807) is 18.2 Å². The number of ether oxygens (including phenoxy) is 1. The van der Waals surface area contributed by atoms with Crippen LogP contribution in [-0.2, 0) is 17.7 Å². The maximum Gasteiger partial charge on any atom is 0.333 e. The summed E-state index contributed by atoms with van der Waals surface area (Å²) in [6, 6.07) is 8.29. The minimum absolute atomic E-state index is 0.119. The number of rotatable bonds is 5. The lowest BCUT2D eigenvalue weighted by atomic mass is 10.1. The summed E-state index contributed by atoms with van der Waals surface area (Å²) in [7, 11) is 0. The molecule has 140 valence electrons. The summed E-state index contributed by atoms with van der Waals surface area (Å²) in [4.78, 5) is 24.8. The van der Waals surface area contributed by atoms with Crippen LogP contribution in [0.4, 0.5) is 0 Å². The molecule has 0 bridgehead atoms. The molecule has 1 fully saturated rings. The lowest BCUT2D eigenvalue weighted by Gasteiger charge is -2.18. The summed E-state index contributed by atoms with van der Waals surface area (Å²) in [5.74, 6) is 0. The summed E-state index contributed by atoms with van der Waals surface area (Å²) in [6.07, 6.45) is -3.30. The number of aryl methyl sites for hydroxylation is 1. The highest BCUT2D eigenvalue weighted by Gasteiger charge is 2.43. The van der Waals surface area contributed by atoms with Crippen LogP contribution in [0, 0.1) is 0 Å². The predicted molar refractivity (Wildman–Crippen MR) is 93.1 cm³/mol. The Morgan fingerprint density at radius 1 is 1.15 bits per heavy atom. The van der Waals surface area contributed by atoms with E-state index in [9.17, 15) is 24.9 Å². The van der Waals surface area contributed by atoms with Gasteiger partial charge in [-0.3, -0.25) is 13.9 Å². The molecule has 0 spiro atoms. The lowest BCUT2D eigenvalue weighted by Crippen LogP contribution is -2.43. The Bertz CT molecular complexity index is 895. The molecule has 2 aromatic rings. The van der Waals surface area contributed by atoms with E-state index >= 15 is 0 Å². The molecular formula is C17H19ClN2O6. The van der Waals surface area contributed by atoms with Gasteiger partial charge in [-0.1, -0.05) is 23.7 Å². The zero-order chi connectivity index (χ0) is 18.8. The molecule has 2 heterocycles. The number of halogens is 1. The Hall–Kier alpha value is -1.97. The number of aromatic nitrogens is 2. The maximum atomic E-state index is 12.7. The number of aliphatic hydroxyl groups is 3. The van der Waals surface area contributed by atoms with Gasteiger partial charge in [0, 0.05) is 23.8 Å². The van der Waals surface area contributed by atoms with Gasteiger partial charge in [-0.15, -0.1) is 0 Å². The van der Waals surface area contributed by atoms with E-state index in [4.69, 9.17) is 16.3 Å². The first-order valence-corrected chi connectivity index (χ1v) is 8.49. The molecule has 1 aromatic heterocycles. The largest absolute Gasteiger partial charge is 0.394 e. The first kappa shape index (κ1) is 18.8. The molecule has 3 N–H and O–H groups in total. The normalized spacial score (nSPS) is 25.5. The second-order valence-electron chi connectivity index (χ2n) is 6.10. The van der Waals surface area contributed by atoms with E-state index in [-0.39, 0.29) is 6.54 Å². The van der Waals surface area contributed by atoms with Gasteiger partial charge in [0.2, 0.25) is 0 Å². The molecule has 0 saturated carbocycles. The van der Waals surface area contributed by atoms with Crippen molar-refractivity contribution in [2.24, 2.45) is 0 Å². The highest BCUT2D eigenvalue weighted by atomic mass is 35.5. The zero-order valence-corrected chi connectivity index (χ0v) is 14.5. The van der Waals surface area contributed by atoms with Crippen molar-refractivity contribution in [2.75, 3.05) is 6.61 Å². The molecule has 0 aliphatic carbocycles. The van der Waals surface area contributed by atoms with E-state index < -0.39 is 42.4 Å². The zero-order valence-electron chi connectivity index (χ0n) is 13.7. The Morgan fingerprint density at radius 3 is 2.58 bits per heavy atom. The molecule has 8 nitrogen and oxygen atoms in total. The van der Waals surface area contributed by atoms with Gasteiger partial charge in [-0.25, -0.2) is 4.79 Å². The second kappa shape index (κ2) is 7.73. The Balaban J connectivity index is 1.87. The molecule has 1 aliphatic heterocycles. The maximum absolute atomic E-state index is 12.7. The molecular weight excluding hydrogens is 364 g/mol. The van der Waals surface area contributed by atoms with Crippen LogP contribution in [0.25, 0.3) is 0 Å². The quantitative estimate of drug-likeness (QED) is 0.643. The van der Waals surface area contributed by atoms with Gasteiger partial charge in [0.05, 0.1) is 6.61 Å². The summed E-state index contributed by atoms with van der Waals surface area (Å²) in [6.45, 7) is -0.383. The van der Waals surface area contributed by atoms with E-state index in [1.165, 1.54) is 12.3 Å². The number of nitrogens with zero attached hydrogens (tertiary/aromatic N) is 2. The van der Waals surface area contributed by atoms with Crippen molar-refractivity contribution in [3.05, 3.63) is 68.0 Å². The van der Waals surface area contributed by atoms with Gasteiger partial charge in [-0.2, -0.15) is 0 Å². The molecule has 2 unspecified atom stereocenters. The molecule has 9 heteroatoms. The fourth-order valence-electron chi connectivity index (χ4n) is 2.97. The highest BCUT2D eigenvalue weighted by molar-refractivity contribution is 6.30. The van der Waals surface area contributed by atoms with Crippen LogP contribution in [-0.4, -0.2) is 49.4 Å². The van der Waals surface area contributed by atoms with Crippen molar-refractivity contribution in [3.8, 4) is 0 Å². The van der Waals surface area contributed by atoms with Gasteiger partial charge in [0.15, 0.2) is 6.23 Å². The first-order valence-electron chi connectivity index (χ1n) is 8.11. The molecule has 0 radical (unpaired) electrons. The van der Waals surface area contributed by atoms with Crippen molar-refractivity contribution in [3.63, 3.8) is 0 Å². The van der Waals surface area contributed by atoms with E-state index in [1.807, 2.05) is 6.07 Å². The third-order valence-corrected chi connectivity index (χ3v) is 4.64. The van der Waals surface area contributed by atoms with E-state index in [0.717, 1.165) is 14.7 Å². The van der Waals surface area contributed by atoms with Crippen molar-refractivity contribution >= 4 is 11.6 Å². The monoisotopic (exact) mass is 382 g/mol. The minimum atomic E-state index is -1.40. The third-order valence-electron chi connectivity index (χ3n) is 4.40. The summed E-state index contributed by atoms with van der Waals surface area (Å²) >= 11 is 5.93. The molecule has 26 heavy (non-hydrogen) atoms. The Kier molecular flexibility index (Phi) is 5.59. The van der Waals surface area contributed by atoms with Crippen molar-refractivity contribution in [1.82, 2.24) is 9.13 Å². The fourth-order valence-corrected chi connectivity index (χ4v) is 3.19. The number of hydrogen-bond donors (Lipinski definition) is 3. The van der Waals surface area contributed by atoms with Crippen LogP contribution in [0.5, 0.6) is 0 Å². The number of benzene rings is 1. The van der Waals surface area contributed by atoms with Gasteiger partial charge in [0.1, 0.15) is 18.3 Å². The van der Waals surface area contributed by atoms with Crippen LogP contribution < -0.4 is 11.2 Å². The van der Waals surface area contributed by atoms with Crippen LogP contribution >= 0.6 is 11.6 Å². The Morgan fingerprint density at radius 2 is 1.92 bits per heavy atom. The van der Waals surface area contributed by atoms with Gasteiger partial charge in [-0.05, 0) is 24.1 Å². The molecule has 0 amide bonds. The Labute approximate surface area is 153 Å². The average Bonchev–Trinajstić information content (AvgIpc) is 2.90. The standard InChI is InChI=1S/C17H19ClN2O6/c18-11-3-1-2-10(8-11)4-6-19-13(22)5-7-20(17(19)25)16-15(24)14(23)12(9-21)26-16/h1-3,5,7-8,12,14-16,21,23-24H,4,6,9H2/t12-,14?,15?,16-/m1/s1. The third kappa shape index (κ3) is 3.60. The summed E-state index contributed by atoms with van der Waals surface area (Å²) in [5.41, 5.74) is -0.290. The lowest BCUT2D eigenvalue weighted by molar-refractivity contribution is -0.0556. The van der Waals surface area contributed by atoms with Crippen LogP contribution in [0.1, 0.15) is 11.8 Å². The van der Waals surface area contributed by atoms with E-state index in [0.29, 0.717) is 11.4 Å². The molecule has 1 saturated heterocycles. The van der Waals surface area contributed by atoms with Crippen molar-refractivity contribution < 1.29 is 20.1 Å². The molecule has 3 rings (SSSR count). The minimum Gasteiger partial charge on any atom is -0.394 e. The number of hydrogen-bond acceptors (Lipinski definition) is 6. The van der Waals surface area contributed by atoms with E-state index in [2.05, 4.69) is 0 Å². The smallest absolute Gasteiger partial charge is 0.333 e. The van der Waals surface area contributed by atoms with Gasteiger partial charge >= 0.3 is 5.69 Å². The highest BCUT2D eigenvalue weighted by Crippen LogP contribution is 2.27. The second-order valence-corrected chi connectivity index (χ2v) is 6.54. The summed E-state index contributed by atoms with van der Waals surface area (Å²) < 4.78 is 7.42. The van der Waals surface area contributed by atoms with Crippen molar-refractivity contribution in [1.29, 1.82) is 0 Å². The number of aliphatic hydroxyl groups excluding tert-OH is 3.